The van der Waals surface area contributed by atoms with E-state index in [1.54, 1.807) is 61.9 Å². The topological polar surface area (TPSA) is 244 Å². The van der Waals surface area contributed by atoms with E-state index in [0.29, 0.717) is 107 Å². The van der Waals surface area contributed by atoms with E-state index >= 15 is 0 Å². The van der Waals surface area contributed by atoms with Crippen molar-refractivity contribution in [2.24, 2.45) is 0 Å². The summed E-state index contributed by atoms with van der Waals surface area (Å²) in [6.07, 6.45) is 11.3. The molecule has 79 heavy (non-hydrogen) atoms. The molecule has 0 amide bonds. The minimum absolute atomic E-state index is 0.0198. The average molecular weight is 1090 g/mol. The van der Waals surface area contributed by atoms with Crippen LogP contribution in [0, 0.1) is 11.6 Å². The molecule has 2 aliphatic rings. The monoisotopic (exact) mass is 1090 g/mol. The van der Waals surface area contributed by atoms with Crippen LogP contribution in [-0.4, -0.2) is 134 Å². The Hall–Kier alpha value is -8.12. The molecule has 8 heterocycles. The molecule has 6 aromatic heterocycles. The smallest absolute Gasteiger partial charge is 0.226 e. The Bertz CT molecular complexity index is 3660. The summed E-state index contributed by atoms with van der Waals surface area (Å²) in [6, 6.07) is 12.1. The number of piperidine rings is 2. The Balaban J connectivity index is 0.000000185. The normalized spacial score (nSPS) is 18.1. The first kappa shape index (κ1) is 54.2. The van der Waals surface area contributed by atoms with Gasteiger partial charge in [0.05, 0.1) is 87.5 Å². The summed E-state index contributed by atoms with van der Waals surface area (Å²) in [5.74, 6) is 2.61. The SMILES string of the molecule is COc1cc2nc(N)n3nc([C@@H]4CC[C@H](C)N(c5cnn(CC(C)(C)O)c5)C4)nc3c2cc1F.COc1ccc(CNc2nc3cc(OC)c(F)cc3c3nc([C@@H]4CC[C@H](C)N(c5cnn(CC(C)(C)O)c5)C4)nn23)c(OC)c1. The number of hydrogen-bond acceptors (Lipinski definition) is 18. The number of ether oxygens (including phenoxy) is 4. The van der Waals surface area contributed by atoms with Crippen LogP contribution in [0.1, 0.15) is 96.3 Å². The first-order chi connectivity index (χ1) is 37.7. The van der Waals surface area contributed by atoms with Gasteiger partial charge < -0.3 is 50.0 Å². The van der Waals surface area contributed by atoms with E-state index in [-0.39, 0.29) is 29.3 Å². The van der Waals surface area contributed by atoms with E-state index in [1.165, 1.54) is 36.9 Å². The number of fused-ring (bicyclic) bond motifs is 6. The highest BCUT2D eigenvalue weighted by Gasteiger charge is 2.33. The number of benzene rings is 3. The number of anilines is 4. The van der Waals surface area contributed by atoms with Crippen molar-refractivity contribution in [3.05, 3.63) is 96.1 Å². The van der Waals surface area contributed by atoms with Gasteiger partial charge in [-0.15, -0.1) is 10.2 Å². The Morgan fingerprint density at radius 2 is 1.13 bits per heavy atom. The van der Waals surface area contributed by atoms with E-state index in [2.05, 4.69) is 49.2 Å². The summed E-state index contributed by atoms with van der Waals surface area (Å²) >= 11 is 0. The molecular weight excluding hydrogens is 1020 g/mol. The molecule has 22 nitrogen and oxygen atoms in total. The molecule has 2 fully saturated rings. The molecule has 0 saturated carbocycles. The van der Waals surface area contributed by atoms with Gasteiger partial charge in [-0.2, -0.15) is 19.2 Å². The lowest BCUT2D eigenvalue weighted by Crippen LogP contribution is -2.41. The van der Waals surface area contributed by atoms with Crippen molar-refractivity contribution in [2.45, 2.75) is 122 Å². The Morgan fingerprint density at radius 3 is 1.62 bits per heavy atom. The Morgan fingerprint density at radius 1 is 0.633 bits per heavy atom. The minimum atomic E-state index is -0.871. The lowest BCUT2D eigenvalue weighted by atomic mass is 9.92. The number of hydrogen-bond donors (Lipinski definition) is 4. The predicted molar refractivity (Wildman–Crippen MR) is 295 cm³/mol. The molecule has 0 bridgehead atoms. The van der Waals surface area contributed by atoms with E-state index in [1.807, 2.05) is 43.0 Å². The van der Waals surface area contributed by atoms with Gasteiger partial charge in [-0.1, -0.05) is 0 Å². The molecule has 0 aliphatic carbocycles. The number of aliphatic hydroxyl groups is 2. The molecule has 418 valence electrons. The molecule has 2 saturated heterocycles. The number of aromatic nitrogens is 12. The van der Waals surface area contributed by atoms with Crippen LogP contribution in [0.5, 0.6) is 23.0 Å². The zero-order valence-electron chi connectivity index (χ0n) is 46.1. The maximum Gasteiger partial charge on any atom is 0.226 e. The molecule has 0 radical (unpaired) electrons. The fraction of sp³-hybridized carbons (Fsp3) is 0.455. The number of nitrogen functional groups attached to an aromatic ring is 1. The van der Waals surface area contributed by atoms with Crippen LogP contribution in [0.2, 0.25) is 0 Å². The van der Waals surface area contributed by atoms with Crippen LogP contribution in [0.3, 0.4) is 0 Å². The van der Waals surface area contributed by atoms with Crippen LogP contribution in [-0.2, 0) is 19.6 Å². The van der Waals surface area contributed by atoms with Gasteiger partial charge in [0, 0.05) is 90.5 Å². The summed E-state index contributed by atoms with van der Waals surface area (Å²) in [7, 11) is 6.06. The minimum Gasteiger partial charge on any atom is -0.497 e. The van der Waals surface area contributed by atoms with Crippen molar-refractivity contribution < 1.29 is 37.9 Å². The quantitative estimate of drug-likeness (QED) is 0.0774. The first-order valence-electron chi connectivity index (χ1n) is 26.3. The third kappa shape index (κ3) is 11.4. The number of methoxy groups -OCH3 is 4. The number of halogens is 2. The first-order valence-corrected chi connectivity index (χ1v) is 26.3. The van der Waals surface area contributed by atoms with Crippen molar-refractivity contribution in [1.29, 1.82) is 0 Å². The van der Waals surface area contributed by atoms with Crippen LogP contribution in [0.4, 0.5) is 32.1 Å². The van der Waals surface area contributed by atoms with Gasteiger partial charge in [-0.25, -0.2) is 28.7 Å². The summed E-state index contributed by atoms with van der Waals surface area (Å²) in [5.41, 5.74) is 9.32. The third-order valence-corrected chi connectivity index (χ3v) is 14.6. The molecule has 3 aromatic carbocycles. The van der Waals surface area contributed by atoms with Gasteiger partial charge in [0.1, 0.15) is 11.5 Å². The number of nitrogens with one attached hydrogen (secondary N) is 1. The van der Waals surface area contributed by atoms with Gasteiger partial charge in [0.15, 0.2) is 46.1 Å². The molecule has 2 aliphatic heterocycles. The van der Waals surface area contributed by atoms with Gasteiger partial charge in [0.2, 0.25) is 11.9 Å². The lowest BCUT2D eigenvalue weighted by Gasteiger charge is -2.37. The zero-order chi connectivity index (χ0) is 56.1. The highest BCUT2D eigenvalue weighted by molar-refractivity contribution is 5.94. The van der Waals surface area contributed by atoms with Crippen LogP contribution in [0.25, 0.3) is 33.1 Å². The van der Waals surface area contributed by atoms with Gasteiger partial charge >= 0.3 is 0 Å². The maximum absolute atomic E-state index is 14.9. The highest BCUT2D eigenvalue weighted by atomic mass is 19.1. The van der Waals surface area contributed by atoms with Gasteiger partial charge in [0.25, 0.3) is 0 Å². The average Bonchev–Trinajstić information content (AvgIpc) is 4.48. The lowest BCUT2D eigenvalue weighted by molar-refractivity contribution is 0.0571. The molecule has 0 unspecified atom stereocenters. The Kier molecular flexibility index (Phi) is 14.8. The molecule has 11 rings (SSSR count). The predicted octanol–water partition coefficient (Wildman–Crippen LogP) is 7.54. The van der Waals surface area contributed by atoms with Crippen LogP contribution >= 0.6 is 0 Å². The molecule has 5 N–H and O–H groups in total. The standard InChI is InChI=1S/C32H39FN8O4.C23H29FN8O2/c1-19-7-8-21(16-40(19)22-15-35-39(17-22)18-32(2,3)42)29-37-30-24-12-25(33)28(45-6)13-26(24)36-31(41(30)38-29)34-14-20-9-10-23(43-4)11-27(20)44-5;1-13-5-6-14(10-31(13)15-9-26-30(11-15)12-23(2,3)33)20-28-21-16-7-17(24)19(34-4)8-18(16)27-22(25)32(21)29-20/h9-13,15,17,19,21,42H,7-8,14,16,18H2,1-6H3,(H,34,36);7-9,11,13-14,33H,5-6,10,12H2,1-4H3,(H2,25,27)/t19-,21+;13-,14+/m00/s1. The van der Waals surface area contributed by atoms with Crippen molar-refractivity contribution in [3.8, 4) is 23.0 Å². The summed E-state index contributed by atoms with van der Waals surface area (Å²) < 4.78 is 57.3. The second-order valence-corrected chi connectivity index (χ2v) is 21.8. The number of nitrogens with zero attached hydrogens (tertiary/aromatic N) is 14. The maximum atomic E-state index is 14.9. The molecule has 9 aromatic rings. The molecule has 24 heteroatoms. The van der Waals surface area contributed by atoms with Crippen molar-refractivity contribution in [1.82, 2.24) is 58.7 Å². The Labute approximate surface area is 455 Å². The van der Waals surface area contributed by atoms with E-state index in [4.69, 9.17) is 44.7 Å². The molecule has 0 spiro atoms. The second-order valence-electron chi connectivity index (χ2n) is 21.8. The fourth-order valence-electron chi connectivity index (χ4n) is 10.5. The van der Waals surface area contributed by atoms with Crippen molar-refractivity contribution in [2.75, 3.05) is 62.4 Å². The van der Waals surface area contributed by atoms with Crippen molar-refractivity contribution in [3.63, 3.8) is 0 Å². The van der Waals surface area contributed by atoms with Gasteiger partial charge in [-0.05, 0) is 91.5 Å². The van der Waals surface area contributed by atoms with Crippen LogP contribution in [0.15, 0.2) is 67.3 Å². The summed E-state index contributed by atoms with van der Waals surface area (Å²) in [5, 5.41) is 43.3. The van der Waals surface area contributed by atoms with Gasteiger partial charge in [-0.3, -0.25) is 9.36 Å². The summed E-state index contributed by atoms with van der Waals surface area (Å²) in [6.45, 7) is 14.0. The highest BCUT2D eigenvalue weighted by Crippen LogP contribution is 2.37. The number of rotatable bonds is 15. The van der Waals surface area contributed by atoms with E-state index < -0.39 is 22.8 Å². The molecule has 4 atom stereocenters. The van der Waals surface area contributed by atoms with E-state index in [0.717, 1.165) is 42.6 Å². The van der Waals surface area contributed by atoms with Crippen molar-refractivity contribution >= 4 is 56.4 Å². The molecular formula is C55H68F2N16O6. The second kappa shape index (κ2) is 21.6. The fourth-order valence-corrected chi connectivity index (χ4v) is 10.5. The van der Waals surface area contributed by atoms with E-state index in [9.17, 15) is 19.0 Å². The largest absolute Gasteiger partial charge is 0.497 e. The zero-order valence-corrected chi connectivity index (χ0v) is 46.1. The number of nitrogens with two attached hydrogens (primary N) is 1. The van der Waals surface area contributed by atoms with Crippen LogP contribution < -0.4 is 39.8 Å². The third-order valence-electron chi connectivity index (χ3n) is 14.6. The summed E-state index contributed by atoms with van der Waals surface area (Å²) in [4.78, 5) is 23.5.